The van der Waals surface area contributed by atoms with Crippen LogP contribution < -0.4 is 0 Å². The predicted molar refractivity (Wildman–Crippen MR) is 62.2 cm³/mol. The summed E-state index contributed by atoms with van der Waals surface area (Å²) in [5, 5.41) is 0. The van der Waals surface area contributed by atoms with Crippen LogP contribution in [0.2, 0.25) is 0 Å². The van der Waals surface area contributed by atoms with Crippen LogP contribution in [-0.4, -0.2) is 37.1 Å². The molecule has 14 heavy (non-hydrogen) atoms. The normalized spacial score (nSPS) is 27.6. The van der Waals surface area contributed by atoms with Gasteiger partial charge in [-0.05, 0) is 39.0 Å². The van der Waals surface area contributed by atoms with Gasteiger partial charge in [0.2, 0.25) is 5.91 Å². The topological polar surface area (TPSA) is 29.5 Å². The van der Waals surface area contributed by atoms with E-state index < -0.39 is 0 Å². The summed E-state index contributed by atoms with van der Waals surface area (Å²) in [7, 11) is 0. The number of hydrogen-bond acceptors (Lipinski definition) is 2. The zero-order valence-electron chi connectivity index (χ0n) is 8.04. The van der Waals surface area contributed by atoms with Crippen molar-refractivity contribution in [3.05, 3.63) is 9.66 Å². The molecule has 1 saturated heterocycles. The van der Waals surface area contributed by atoms with Crippen LogP contribution in [0.25, 0.3) is 0 Å². The number of halogens is 1. The van der Waals surface area contributed by atoms with Crippen LogP contribution in [0.4, 0.5) is 0 Å². The molecule has 2 aliphatic heterocycles. The van der Waals surface area contributed by atoms with Crippen molar-refractivity contribution in [2.45, 2.75) is 12.8 Å². The largest absolute Gasteiger partial charge is 0.381 e. The standard InChI is InChI=1S/C10H14INO2/c11-9-1-4-12(5-2-9)10(13)8-3-6-14-7-8/h1,8H,2-7H2. The number of carbonyl (C=O) groups is 1. The Morgan fingerprint density at radius 1 is 1.64 bits per heavy atom. The first kappa shape index (κ1) is 10.4. The lowest BCUT2D eigenvalue weighted by Gasteiger charge is -2.27. The van der Waals surface area contributed by atoms with Gasteiger partial charge in [0.1, 0.15) is 0 Å². The lowest BCUT2D eigenvalue weighted by atomic mass is 10.1. The van der Waals surface area contributed by atoms with Gasteiger partial charge in [-0.15, -0.1) is 0 Å². The fraction of sp³-hybridized carbons (Fsp3) is 0.700. The molecule has 0 N–H and O–H groups in total. The van der Waals surface area contributed by atoms with Crippen LogP contribution in [0.1, 0.15) is 12.8 Å². The van der Waals surface area contributed by atoms with Gasteiger partial charge in [-0.1, -0.05) is 6.08 Å². The summed E-state index contributed by atoms with van der Waals surface area (Å²) in [5.74, 6) is 0.404. The molecule has 0 saturated carbocycles. The molecule has 0 spiro atoms. The second-order valence-corrected chi connectivity index (χ2v) is 5.13. The minimum absolute atomic E-state index is 0.124. The highest BCUT2D eigenvalue weighted by Gasteiger charge is 2.28. The van der Waals surface area contributed by atoms with Crippen LogP contribution in [0.5, 0.6) is 0 Å². The molecule has 2 aliphatic rings. The molecule has 2 heterocycles. The van der Waals surface area contributed by atoms with Crippen molar-refractivity contribution in [1.82, 2.24) is 4.90 Å². The molecule has 4 heteroatoms. The van der Waals surface area contributed by atoms with E-state index in [-0.39, 0.29) is 11.8 Å². The first-order chi connectivity index (χ1) is 6.77. The second kappa shape index (κ2) is 4.61. The molecule has 1 amide bonds. The van der Waals surface area contributed by atoms with Gasteiger partial charge in [-0.25, -0.2) is 0 Å². The van der Waals surface area contributed by atoms with Gasteiger partial charge in [-0.3, -0.25) is 4.79 Å². The first-order valence-corrected chi connectivity index (χ1v) is 6.06. The summed E-state index contributed by atoms with van der Waals surface area (Å²) >= 11 is 2.34. The summed E-state index contributed by atoms with van der Waals surface area (Å²) < 4.78 is 6.60. The lowest BCUT2D eigenvalue weighted by molar-refractivity contribution is -0.135. The first-order valence-electron chi connectivity index (χ1n) is 4.98. The third-order valence-electron chi connectivity index (χ3n) is 2.74. The molecule has 1 atom stereocenters. The molecule has 0 aromatic heterocycles. The third kappa shape index (κ3) is 2.28. The summed E-state index contributed by atoms with van der Waals surface area (Å²) in [6, 6.07) is 0. The quantitative estimate of drug-likeness (QED) is 0.688. The monoisotopic (exact) mass is 307 g/mol. The van der Waals surface area contributed by atoms with Crippen LogP contribution >= 0.6 is 22.6 Å². The number of hydrogen-bond donors (Lipinski definition) is 0. The van der Waals surface area contributed by atoms with Gasteiger partial charge in [0.25, 0.3) is 0 Å². The minimum atomic E-state index is 0.124. The third-order valence-corrected chi connectivity index (χ3v) is 3.72. The van der Waals surface area contributed by atoms with Gasteiger partial charge in [0.15, 0.2) is 0 Å². The number of amides is 1. The Morgan fingerprint density at radius 2 is 2.50 bits per heavy atom. The van der Waals surface area contributed by atoms with E-state index in [0.717, 1.165) is 32.5 Å². The molecule has 0 bridgehead atoms. The van der Waals surface area contributed by atoms with Gasteiger partial charge >= 0.3 is 0 Å². The van der Waals surface area contributed by atoms with E-state index in [2.05, 4.69) is 28.7 Å². The smallest absolute Gasteiger partial charge is 0.228 e. The lowest BCUT2D eigenvalue weighted by Crippen LogP contribution is -2.38. The summed E-state index contributed by atoms with van der Waals surface area (Å²) in [5.41, 5.74) is 0. The Hall–Kier alpha value is -0.100. The van der Waals surface area contributed by atoms with Crippen LogP contribution in [0, 0.1) is 5.92 Å². The van der Waals surface area contributed by atoms with E-state index in [1.165, 1.54) is 3.58 Å². The molecule has 0 aliphatic carbocycles. The van der Waals surface area contributed by atoms with Crippen LogP contribution in [-0.2, 0) is 9.53 Å². The van der Waals surface area contributed by atoms with Gasteiger partial charge < -0.3 is 9.64 Å². The van der Waals surface area contributed by atoms with Crippen LogP contribution in [0.15, 0.2) is 9.66 Å². The minimum Gasteiger partial charge on any atom is -0.381 e. The molecule has 0 aromatic carbocycles. The number of nitrogens with zero attached hydrogens (tertiary/aromatic N) is 1. The molecule has 0 radical (unpaired) electrons. The SMILES string of the molecule is O=C(C1CCOC1)N1CC=C(I)CC1. The Morgan fingerprint density at radius 3 is 3.07 bits per heavy atom. The molecular formula is C10H14INO2. The van der Waals surface area contributed by atoms with E-state index in [9.17, 15) is 4.79 Å². The maximum Gasteiger partial charge on any atom is 0.228 e. The molecule has 1 unspecified atom stereocenters. The number of rotatable bonds is 1. The average molecular weight is 307 g/mol. The zero-order chi connectivity index (χ0) is 9.97. The summed E-state index contributed by atoms with van der Waals surface area (Å²) in [4.78, 5) is 13.9. The highest BCUT2D eigenvalue weighted by molar-refractivity contribution is 14.1. The maximum atomic E-state index is 11.9. The number of ether oxygens (including phenoxy) is 1. The number of carbonyl (C=O) groups excluding carboxylic acids is 1. The molecule has 1 fully saturated rings. The Kier molecular flexibility index (Phi) is 3.43. The maximum absolute atomic E-state index is 11.9. The highest BCUT2D eigenvalue weighted by Crippen LogP contribution is 2.21. The summed E-state index contributed by atoms with van der Waals surface area (Å²) in [6.45, 7) is 3.03. The van der Waals surface area contributed by atoms with Crippen molar-refractivity contribution in [3.63, 3.8) is 0 Å². The van der Waals surface area contributed by atoms with Crippen molar-refractivity contribution in [2.75, 3.05) is 26.3 Å². The van der Waals surface area contributed by atoms with E-state index >= 15 is 0 Å². The molecule has 0 aromatic rings. The molecule has 78 valence electrons. The highest BCUT2D eigenvalue weighted by atomic mass is 127. The zero-order valence-corrected chi connectivity index (χ0v) is 10.2. The van der Waals surface area contributed by atoms with Gasteiger partial charge in [-0.2, -0.15) is 0 Å². The average Bonchev–Trinajstić information content (AvgIpc) is 2.71. The predicted octanol–water partition coefficient (Wildman–Crippen LogP) is 1.57. The van der Waals surface area contributed by atoms with E-state index in [1.807, 2.05) is 4.90 Å². The van der Waals surface area contributed by atoms with Crippen molar-refractivity contribution in [3.8, 4) is 0 Å². The van der Waals surface area contributed by atoms with E-state index in [0.29, 0.717) is 6.61 Å². The van der Waals surface area contributed by atoms with E-state index in [1.54, 1.807) is 0 Å². The fourth-order valence-corrected chi connectivity index (χ4v) is 2.27. The molecule has 3 nitrogen and oxygen atoms in total. The Labute approximate surface area is 97.6 Å². The van der Waals surface area contributed by atoms with Crippen molar-refractivity contribution in [2.24, 2.45) is 5.92 Å². The summed E-state index contributed by atoms with van der Waals surface area (Å²) in [6.07, 6.45) is 4.05. The fourth-order valence-electron chi connectivity index (χ4n) is 1.83. The van der Waals surface area contributed by atoms with Gasteiger partial charge in [0, 0.05) is 19.7 Å². The Bertz CT molecular complexity index is 259. The van der Waals surface area contributed by atoms with Gasteiger partial charge in [0.05, 0.1) is 12.5 Å². The second-order valence-electron chi connectivity index (χ2n) is 3.75. The van der Waals surface area contributed by atoms with E-state index in [4.69, 9.17) is 4.74 Å². The molecule has 2 rings (SSSR count). The van der Waals surface area contributed by atoms with Crippen molar-refractivity contribution in [1.29, 1.82) is 0 Å². The molecular weight excluding hydrogens is 293 g/mol. The Balaban J connectivity index is 1.92. The van der Waals surface area contributed by atoms with Crippen LogP contribution in [0.3, 0.4) is 0 Å². The van der Waals surface area contributed by atoms with Crippen molar-refractivity contribution >= 4 is 28.5 Å². The van der Waals surface area contributed by atoms with Crippen molar-refractivity contribution < 1.29 is 9.53 Å².